The monoisotopic (exact) mass is 608 g/mol. The zero-order valence-corrected chi connectivity index (χ0v) is 27.5. The van der Waals surface area contributed by atoms with E-state index >= 15 is 0 Å². The number of hydrogen-bond acceptors (Lipinski definition) is 8. The summed E-state index contributed by atoms with van der Waals surface area (Å²) < 4.78 is 65.8. The first-order chi connectivity index (χ1) is 18.1. The lowest BCUT2D eigenvalue weighted by Crippen LogP contribution is -2.61. The van der Waals surface area contributed by atoms with Crippen LogP contribution in [-0.4, -0.2) is 84.3 Å². The highest BCUT2D eigenvalue weighted by molar-refractivity contribution is 7.89. The summed E-state index contributed by atoms with van der Waals surface area (Å²) in [5.41, 5.74) is -1.98. The van der Waals surface area contributed by atoms with Crippen LogP contribution in [-0.2, 0) is 39.1 Å². The van der Waals surface area contributed by atoms with Crippen molar-refractivity contribution in [3.05, 3.63) is 0 Å². The first-order valence-corrected chi connectivity index (χ1v) is 17.7. The van der Waals surface area contributed by atoms with Gasteiger partial charge < -0.3 is 9.47 Å². The van der Waals surface area contributed by atoms with Crippen LogP contribution in [0, 0.1) is 0 Å². The zero-order valence-electron chi connectivity index (χ0n) is 25.9. The van der Waals surface area contributed by atoms with Gasteiger partial charge in [0.25, 0.3) is 0 Å². The molecule has 0 aromatic carbocycles. The van der Waals surface area contributed by atoms with Crippen LogP contribution in [0.15, 0.2) is 0 Å². The zero-order chi connectivity index (χ0) is 30.6. The van der Waals surface area contributed by atoms with Gasteiger partial charge in [0.15, 0.2) is 0 Å². The van der Waals surface area contributed by atoms with Crippen molar-refractivity contribution in [1.82, 2.24) is 8.61 Å². The van der Waals surface area contributed by atoms with E-state index in [2.05, 4.69) is 0 Å². The summed E-state index contributed by atoms with van der Waals surface area (Å²) >= 11 is 0. The van der Waals surface area contributed by atoms with Gasteiger partial charge in [0.2, 0.25) is 20.0 Å². The smallest absolute Gasteiger partial charge is 0.305 e. The van der Waals surface area contributed by atoms with Crippen LogP contribution in [0.1, 0.15) is 120 Å². The molecule has 2 aliphatic heterocycles. The third-order valence-corrected chi connectivity index (χ3v) is 12.6. The molecule has 0 atom stereocenters. The van der Waals surface area contributed by atoms with E-state index in [1.807, 2.05) is 55.4 Å². The molecule has 234 valence electrons. The maximum absolute atomic E-state index is 13.1. The second-order valence-corrected chi connectivity index (χ2v) is 17.6. The van der Waals surface area contributed by atoms with Crippen LogP contribution in [0.25, 0.3) is 0 Å². The standard InChI is InChI=1S/C28H52N2O8S2/c1-25(2)15-11-16-26(3,4)29(25)39(33,34)21-19-37-23(31)13-9-10-14-24(32)38-20-22-40(35,36)30-27(5,6)17-12-18-28(30,7)8/h9-22H2,1-8H3. The summed E-state index contributed by atoms with van der Waals surface area (Å²) in [6, 6.07) is 0. The summed E-state index contributed by atoms with van der Waals surface area (Å²) in [6.45, 7) is 15.0. The fourth-order valence-electron chi connectivity index (χ4n) is 6.85. The van der Waals surface area contributed by atoms with Gasteiger partial charge in [0, 0.05) is 35.0 Å². The minimum Gasteiger partial charge on any atom is -0.465 e. The first-order valence-electron chi connectivity index (χ1n) is 14.5. The molecule has 0 bridgehead atoms. The molecule has 0 aromatic rings. The molecule has 0 saturated carbocycles. The number of ether oxygens (including phenoxy) is 2. The van der Waals surface area contributed by atoms with Crippen molar-refractivity contribution in [2.24, 2.45) is 0 Å². The number of esters is 2. The van der Waals surface area contributed by atoms with Crippen LogP contribution in [0.2, 0.25) is 0 Å². The molecule has 2 aliphatic rings. The molecule has 2 heterocycles. The van der Waals surface area contributed by atoms with E-state index in [-0.39, 0.29) is 37.6 Å². The first kappa shape index (κ1) is 35.0. The molecule has 0 unspecified atom stereocenters. The maximum Gasteiger partial charge on any atom is 0.305 e. The fraction of sp³-hybridized carbons (Fsp3) is 0.929. The second kappa shape index (κ2) is 13.0. The third-order valence-electron chi connectivity index (χ3n) is 8.13. The quantitative estimate of drug-likeness (QED) is 0.223. The Hall–Kier alpha value is -1.24. The van der Waals surface area contributed by atoms with Crippen molar-refractivity contribution in [3.63, 3.8) is 0 Å². The van der Waals surface area contributed by atoms with E-state index < -0.39 is 54.1 Å². The Labute approximate surface area is 242 Å². The lowest BCUT2D eigenvalue weighted by molar-refractivity contribution is -0.145. The van der Waals surface area contributed by atoms with Crippen molar-refractivity contribution in [3.8, 4) is 0 Å². The lowest BCUT2D eigenvalue weighted by atomic mass is 9.83. The number of carbonyl (C=O) groups is 2. The average molecular weight is 609 g/mol. The number of sulfonamides is 2. The Bertz CT molecular complexity index is 991. The Morgan fingerprint density at radius 3 is 1.12 bits per heavy atom. The Kier molecular flexibility index (Phi) is 11.3. The molecule has 0 aliphatic carbocycles. The Morgan fingerprint density at radius 1 is 0.575 bits per heavy atom. The van der Waals surface area contributed by atoms with Crippen molar-refractivity contribution < 1.29 is 35.9 Å². The van der Waals surface area contributed by atoms with Crippen molar-refractivity contribution in [2.75, 3.05) is 24.7 Å². The van der Waals surface area contributed by atoms with E-state index in [0.29, 0.717) is 12.8 Å². The highest BCUT2D eigenvalue weighted by Gasteiger charge is 2.49. The van der Waals surface area contributed by atoms with Gasteiger partial charge in [0.1, 0.15) is 13.2 Å². The van der Waals surface area contributed by atoms with Crippen LogP contribution >= 0.6 is 0 Å². The Morgan fingerprint density at radius 2 is 0.850 bits per heavy atom. The van der Waals surface area contributed by atoms with E-state index in [1.165, 1.54) is 0 Å². The van der Waals surface area contributed by atoms with Gasteiger partial charge in [-0.15, -0.1) is 0 Å². The van der Waals surface area contributed by atoms with Crippen molar-refractivity contribution in [1.29, 1.82) is 0 Å². The molecular weight excluding hydrogens is 556 g/mol. The van der Waals surface area contributed by atoms with Gasteiger partial charge in [-0.1, -0.05) is 0 Å². The maximum atomic E-state index is 13.1. The summed E-state index contributed by atoms with van der Waals surface area (Å²) in [4.78, 5) is 24.2. The average Bonchev–Trinajstić information content (AvgIpc) is 2.73. The summed E-state index contributed by atoms with van der Waals surface area (Å²) in [7, 11) is -7.24. The highest BCUT2D eigenvalue weighted by atomic mass is 32.2. The van der Waals surface area contributed by atoms with Gasteiger partial charge in [-0.05, 0) is 107 Å². The van der Waals surface area contributed by atoms with Crippen LogP contribution in [0.4, 0.5) is 0 Å². The van der Waals surface area contributed by atoms with Gasteiger partial charge in [-0.2, -0.15) is 8.61 Å². The van der Waals surface area contributed by atoms with E-state index in [1.54, 1.807) is 8.61 Å². The number of piperidine rings is 2. The van der Waals surface area contributed by atoms with Gasteiger partial charge in [-0.25, -0.2) is 16.8 Å². The molecule has 0 radical (unpaired) electrons. The van der Waals surface area contributed by atoms with E-state index in [9.17, 15) is 26.4 Å². The third kappa shape index (κ3) is 9.13. The molecule has 0 amide bonds. The molecule has 0 spiro atoms. The Balaban J connectivity index is 1.69. The van der Waals surface area contributed by atoms with E-state index in [4.69, 9.17) is 9.47 Å². The number of unbranched alkanes of at least 4 members (excludes halogenated alkanes) is 1. The predicted molar refractivity (Wildman–Crippen MR) is 156 cm³/mol. The second-order valence-electron chi connectivity index (χ2n) is 13.8. The summed E-state index contributed by atoms with van der Waals surface area (Å²) in [5.74, 6) is -1.57. The number of rotatable bonds is 13. The number of hydrogen-bond donors (Lipinski definition) is 0. The molecule has 2 fully saturated rings. The lowest BCUT2D eigenvalue weighted by Gasteiger charge is -2.51. The normalized spacial score (nSPS) is 22.9. The fourth-order valence-corrected chi connectivity index (χ4v) is 11.2. The highest BCUT2D eigenvalue weighted by Crippen LogP contribution is 2.41. The van der Waals surface area contributed by atoms with Crippen LogP contribution in [0.3, 0.4) is 0 Å². The molecule has 12 heteroatoms. The summed E-state index contributed by atoms with van der Waals surface area (Å²) in [6.07, 6.45) is 5.91. The molecule has 0 aromatic heterocycles. The van der Waals surface area contributed by atoms with Crippen molar-refractivity contribution in [2.45, 2.75) is 142 Å². The number of nitrogens with zero attached hydrogens (tertiary/aromatic N) is 2. The SMILES string of the molecule is CC1(C)CCCC(C)(C)N1S(=O)(=O)CCOC(=O)CCCCC(=O)OCCS(=O)(=O)N1C(C)(C)CCCC1(C)C. The topological polar surface area (TPSA) is 127 Å². The largest absolute Gasteiger partial charge is 0.465 e. The minimum absolute atomic E-state index is 0.0571. The summed E-state index contributed by atoms with van der Waals surface area (Å²) in [5, 5.41) is 0. The number of carbonyl (C=O) groups excluding carboxylic acids is 2. The van der Waals surface area contributed by atoms with Gasteiger partial charge in [0.05, 0.1) is 11.5 Å². The molecule has 2 rings (SSSR count). The molecule has 40 heavy (non-hydrogen) atoms. The molecule has 0 N–H and O–H groups in total. The van der Waals surface area contributed by atoms with Crippen LogP contribution in [0.5, 0.6) is 0 Å². The van der Waals surface area contributed by atoms with Crippen LogP contribution < -0.4 is 0 Å². The molecule has 2 saturated heterocycles. The van der Waals surface area contributed by atoms with E-state index in [0.717, 1.165) is 38.5 Å². The molecule has 10 nitrogen and oxygen atoms in total. The minimum atomic E-state index is -3.62. The molecular formula is C28H52N2O8S2. The predicted octanol–water partition coefficient (Wildman–Crippen LogP) is 4.38. The van der Waals surface area contributed by atoms with Gasteiger partial charge >= 0.3 is 11.9 Å². The van der Waals surface area contributed by atoms with Gasteiger partial charge in [-0.3, -0.25) is 9.59 Å². The van der Waals surface area contributed by atoms with Crippen molar-refractivity contribution >= 4 is 32.0 Å².